The van der Waals surface area contributed by atoms with Crippen molar-refractivity contribution in [1.82, 2.24) is 4.98 Å². The number of allylic oxidation sites excluding steroid dienone is 1. The number of halogens is 2. The van der Waals surface area contributed by atoms with Gasteiger partial charge in [-0.05, 0) is 44.6 Å². The smallest absolute Gasteiger partial charge is 0.253 e. The van der Waals surface area contributed by atoms with E-state index in [0.29, 0.717) is 36.9 Å². The number of aliphatic hydroxyl groups is 1. The summed E-state index contributed by atoms with van der Waals surface area (Å²) >= 11 is 0. The van der Waals surface area contributed by atoms with E-state index in [-0.39, 0.29) is 17.2 Å². The van der Waals surface area contributed by atoms with Gasteiger partial charge in [0.05, 0.1) is 18.5 Å². The molecule has 2 rings (SSSR count). The van der Waals surface area contributed by atoms with E-state index < -0.39 is 24.4 Å². The fourth-order valence-electron chi connectivity index (χ4n) is 3.12. The van der Waals surface area contributed by atoms with Gasteiger partial charge in [-0.2, -0.15) is 5.26 Å². The topological polar surface area (TPSA) is 86.0 Å². The number of pyridine rings is 1. The third-order valence-electron chi connectivity index (χ3n) is 4.83. The summed E-state index contributed by atoms with van der Waals surface area (Å²) in [4.78, 5) is 15.8. The molecular formula is C20H23F2N3O2. The van der Waals surface area contributed by atoms with Crippen molar-refractivity contribution in [2.75, 3.05) is 11.9 Å². The minimum absolute atomic E-state index is 0.0148. The molecule has 0 aromatic carbocycles. The van der Waals surface area contributed by atoms with Crippen molar-refractivity contribution < 1.29 is 18.7 Å². The first-order chi connectivity index (χ1) is 12.7. The van der Waals surface area contributed by atoms with Crippen LogP contribution >= 0.6 is 0 Å². The van der Waals surface area contributed by atoms with E-state index in [1.165, 1.54) is 6.20 Å². The van der Waals surface area contributed by atoms with Gasteiger partial charge < -0.3 is 10.4 Å². The molecule has 0 atom stereocenters. The average Bonchev–Trinajstić information content (AvgIpc) is 2.65. The van der Waals surface area contributed by atoms with Gasteiger partial charge in [-0.15, -0.1) is 0 Å². The zero-order chi connectivity index (χ0) is 20.0. The summed E-state index contributed by atoms with van der Waals surface area (Å²) in [6, 6.07) is 3.60. The van der Waals surface area contributed by atoms with Gasteiger partial charge in [-0.25, -0.2) is 13.8 Å². The fourth-order valence-corrected chi connectivity index (χ4v) is 3.12. The molecule has 1 fully saturated rings. The van der Waals surface area contributed by atoms with Crippen LogP contribution in [0.3, 0.4) is 0 Å². The summed E-state index contributed by atoms with van der Waals surface area (Å²) in [7, 11) is 0. The van der Waals surface area contributed by atoms with E-state index in [1.54, 1.807) is 12.1 Å². The van der Waals surface area contributed by atoms with Crippen LogP contribution in [0.1, 0.15) is 43.9 Å². The van der Waals surface area contributed by atoms with E-state index in [0.717, 1.165) is 6.92 Å². The van der Waals surface area contributed by atoms with Crippen LogP contribution in [-0.2, 0) is 4.79 Å². The number of carbonyl (C=O) groups is 1. The van der Waals surface area contributed by atoms with Crippen LogP contribution in [0.2, 0.25) is 0 Å². The Morgan fingerprint density at radius 3 is 2.70 bits per heavy atom. The molecule has 144 valence electrons. The van der Waals surface area contributed by atoms with Crippen molar-refractivity contribution in [3.63, 3.8) is 0 Å². The Balaban J connectivity index is 2.08. The van der Waals surface area contributed by atoms with Crippen molar-refractivity contribution >= 4 is 17.7 Å². The van der Waals surface area contributed by atoms with Gasteiger partial charge in [0, 0.05) is 17.1 Å². The maximum atomic E-state index is 13.4. The van der Waals surface area contributed by atoms with Crippen LogP contribution < -0.4 is 5.32 Å². The van der Waals surface area contributed by atoms with Crippen LogP contribution in [0.15, 0.2) is 30.5 Å². The van der Waals surface area contributed by atoms with Crippen molar-refractivity contribution in [3.8, 4) is 6.07 Å². The lowest BCUT2D eigenvalue weighted by Crippen LogP contribution is -2.28. The van der Waals surface area contributed by atoms with Gasteiger partial charge in [0.2, 0.25) is 5.92 Å². The van der Waals surface area contributed by atoms with E-state index in [9.17, 15) is 18.8 Å². The number of amides is 1. The molecule has 0 aliphatic heterocycles. The number of aliphatic hydroxyl groups excluding tert-OH is 1. The SMILES string of the molecule is C=C(CO)C(=O)Nc1cnc(C#N)c(/C=C/C2CCC(C(C)(F)F)CC2)c1. The van der Waals surface area contributed by atoms with Crippen LogP contribution in [-0.4, -0.2) is 28.5 Å². The summed E-state index contributed by atoms with van der Waals surface area (Å²) in [5, 5.41) is 20.7. The molecular weight excluding hydrogens is 352 g/mol. The number of nitrogens with zero attached hydrogens (tertiary/aromatic N) is 2. The number of carbonyl (C=O) groups excluding carboxylic acids is 1. The first-order valence-corrected chi connectivity index (χ1v) is 8.80. The number of aromatic nitrogens is 1. The van der Waals surface area contributed by atoms with Crippen LogP contribution in [0.5, 0.6) is 0 Å². The number of alkyl halides is 2. The number of anilines is 1. The Kier molecular flexibility index (Phi) is 6.81. The predicted octanol–water partition coefficient (Wildman–Crippen LogP) is 3.92. The molecule has 1 amide bonds. The van der Waals surface area contributed by atoms with Crippen LogP contribution in [0, 0.1) is 23.2 Å². The number of hydrogen-bond acceptors (Lipinski definition) is 4. The van der Waals surface area contributed by atoms with E-state index in [1.807, 2.05) is 12.1 Å². The van der Waals surface area contributed by atoms with Gasteiger partial charge in [-0.1, -0.05) is 18.7 Å². The van der Waals surface area contributed by atoms with Crippen molar-refractivity contribution in [2.45, 2.75) is 38.5 Å². The van der Waals surface area contributed by atoms with Gasteiger partial charge in [0.15, 0.2) is 0 Å². The van der Waals surface area contributed by atoms with E-state index >= 15 is 0 Å². The second-order valence-electron chi connectivity index (χ2n) is 6.92. The Hall–Kier alpha value is -2.59. The zero-order valence-corrected chi connectivity index (χ0v) is 15.2. The molecule has 1 aromatic heterocycles. The summed E-state index contributed by atoms with van der Waals surface area (Å²) in [5.41, 5.74) is 1.13. The highest BCUT2D eigenvalue weighted by molar-refractivity contribution is 6.03. The fraction of sp³-hybridized carbons (Fsp3) is 0.450. The molecule has 1 aliphatic rings. The summed E-state index contributed by atoms with van der Waals surface area (Å²) in [5.74, 6) is -3.57. The molecule has 0 bridgehead atoms. The first kappa shape index (κ1) is 20.7. The minimum atomic E-state index is -2.64. The maximum absolute atomic E-state index is 13.4. The molecule has 5 nitrogen and oxygen atoms in total. The van der Waals surface area contributed by atoms with Crippen molar-refractivity contribution in [1.29, 1.82) is 5.26 Å². The number of hydrogen-bond donors (Lipinski definition) is 2. The Bertz CT molecular complexity index is 770. The molecule has 0 spiro atoms. The Labute approximate surface area is 157 Å². The van der Waals surface area contributed by atoms with Gasteiger partial charge in [0.1, 0.15) is 11.8 Å². The van der Waals surface area contributed by atoms with Crippen LogP contribution in [0.4, 0.5) is 14.5 Å². The lowest BCUT2D eigenvalue weighted by atomic mass is 9.79. The van der Waals surface area contributed by atoms with E-state index in [2.05, 4.69) is 16.9 Å². The normalized spacial score (nSPS) is 20.3. The molecule has 27 heavy (non-hydrogen) atoms. The quantitative estimate of drug-likeness (QED) is 0.738. The van der Waals surface area contributed by atoms with Crippen LogP contribution in [0.25, 0.3) is 6.08 Å². The number of rotatable bonds is 6. The molecule has 1 saturated carbocycles. The second-order valence-corrected chi connectivity index (χ2v) is 6.92. The highest BCUT2D eigenvalue weighted by Gasteiger charge is 2.36. The monoisotopic (exact) mass is 375 g/mol. The lowest BCUT2D eigenvalue weighted by Gasteiger charge is -2.30. The number of nitrogens with one attached hydrogen (secondary N) is 1. The molecule has 2 N–H and O–H groups in total. The predicted molar refractivity (Wildman–Crippen MR) is 98.9 cm³/mol. The standard InChI is InChI=1S/C20H23F2N3O2/c1-13(12-26)19(27)25-17-9-15(18(10-23)24-11-17)6-3-14-4-7-16(8-5-14)20(2,21)22/h3,6,9,11,14,16,26H,1,4-5,7-8,12H2,2H3,(H,25,27)/b6-3+. The summed E-state index contributed by atoms with van der Waals surface area (Å²) in [6.07, 6.45) is 7.31. The largest absolute Gasteiger partial charge is 0.391 e. The second kappa shape index (κ2) is 8.87. The van der Waals surface area contributed by atoms with Gasteiger partial charge in [-0.3, -0.25) is 4.79 Å². The summed E-state index contributed by atoms with van der Waals surface area (Å²) < 4.78 is 26.8. The molecule has 7 heteroatoms. The van der Waals surface area contributed by atoms with Crippen molar-refractivity contribution in [3.05, 3.63) is 41.7 Å². The van der Waals surface area contributed by atoms with E-state index in [4.69, 9.17) is 5.11 Å². The Morgan fingerprint density at radius 1 is 1.48 bits per heavy atom. The molecule has 0 saturated heterocycles. The van der Waals surface area contributed by atoms with Crippen molar-refractivity contribution in [2.24, 2.45) is 11.8 Å². The highest BCUT2D eigenvalue weighted by Crippen LogP contribution is 2.38. The molecule has 0 radical (unpaired) electrons. The number of nitriles is 1. The third-order valence-corrected chi connectivity index (χ3v) is 4.83. The van der Waals surface area contributed by atoms with Gasteiger partial charge in [0.25, 0.3) is 5.91 Å². The first-order valence-electron chi connectivity index (χ1n) is 8.80. The minimum Gasteiger partial charge on any atom is -0.391 e. The molecule has 0 unspecified atom stereocenters. The highest BCUT2D eigenvalue weighted by atomic mass is 19.3. The van der Waals surface area contributed by atoms with Gasteiger partial charge >= 0.3 is 0 Å². The maximum Gasteiger partial charge on any atom is 0.253 e. The third kappa shape index (κ3) is 5.69. The Morgan fingerprint density at radius 2 is 2.15 bits per heavy atom. The summed E-state index contributed by atoms with van der Waals surface area (Å²) in [6.45, 7) is 3.96. The molecule has 1 heterocycles. The average molecular weight is 375 g/mol. The molecule has 1 aliphatic carbocycles. The lowest BCUT2D eigenvalue weighted by molar-refractivity contribution is -0.113. The molecule has 1 aromatic rings. The zero-order valence-electron chi connectivity index (χ0n) is 15.2.